The molecule has 0 atom stereocenters. The zero-order chi connectivity index (χ0) is 14.7. The summed E-state index contributed by atoms with van der Waals surface area (Å²) in [7, 11) is 0. The Balaban J connectivity index is 1.86. The summed E-state index contributed by atoms with van der Waals surface area (Å²) in [5.41, 5.74) is 4.95. The molecule has 0 amide bonds. The van der Waals surface area contributed by atoms with Crippen molar-refractivity contribution in [2.45, 2.75) is 26.8 Å². The molecule has 1 aliphatic rings. The van der Waals surface area contributed by atoms with E-state index in [-0.39, 0.29) is 0 Å². The van der Waals surface area contributed by atoms with Crippen LogP contribution in [0, 0.1) is 6.92 Å². The number of imidazole rings is 1. The summed E-state index contributed by atoms with van der Waals surface area (Å²) in [5, 5.41) is 3.40. The zero-order valence-corrected chi connectivity index (χ0v) is 12.9. The van der Waals surface area contributed by atoms with Crippen molar-refractivity contribution >= 4 is 0 Å². The first-order valence-electron chi connectivity index (χ1n) is 7.84. The predicted octanol–water partition coefficient (Wildman–Crippen LogP) is 2.35. The van der Waals surface area contributed by atoms with E-state index in [0.717, 1.165) is 45.0 Å². The molecule has 1 saturated heterocycles. The molecule has 2 N–H and O–H groups in total. The second-order valence-electron chi connectivity index (χ2n) is 5.71. The quantitative estimate of drug-likeness (QED) is 0.906. The maximum Gasteiger partial charge on any atom is 0.138 e. The van der Waals surface area contributed by atoms with Gasteiger partial charge in [0, 0.05) is 38.3 Å². The average molecular weight is 284 g/mol. The molecule has 1 aliphatic heterocycles. The summed E-state index contributed by atoms with van der Waals surface area (Å²) >= 11 is 0. The number of rotatable bonds is 4. The van der Waals surface area contributed by atoms with Crippen LogP contribution in [0.25, 0.3) is 11.4 Å². The van der Waals surface area contributed by atoms with E-state index >= 15 is 0 Å². The van der Waals surface area contributed by atoms with Gasteiger partial charge in [-0.1, -0.05) is 31.2 Å². The lowest BCUT2D eigenvalue weighted by Gasteiger charge is -2.26. The molecule has 0 unspecified atom stereocenters. The van der Waals surface area contributed by atoms with Gasteiger partial charge in [0.25, 0.3) is 0 Å². The Labute approximate surface area is 126 Å². The largest absolute Gasteiger partial charge is 0.341 e. The Morgan fingerprint density at radius 1 is 1.19 bits per heavy atom. The van der Waals surface area contributed by atoms with Crippen LogP contribution in [-0.2, 0) is 13.0 Å². The van der Waals surface area contributed by atoms with Crippen molar-refractivity contribution in [2.75, 3.05) is 26.2 Å². The van der Waals surface area contributed by atoms with E-state index < -0.39 is 0 Å². The fraction of sp³-hybridized carbons (Fsp3) is 0.471. The molecule has 1 aromatic carbocycles. The maximum absolute atomic E-state index is 4.83. The van der Waals surface area contributed by atoms with Gasteiger partial charge >= 0.3 is 0 Å². The SMILES string of the molecule is CCc1nc(-c2ccccc2C)[nH]c1CN1CCNCC1. The Hall–Kier alpha value is -1.65. The first-order chi connectivity index (χ1) is 10.3. The lowest BCUT2D eigenvalue weighted by Crippen LogP contribution is -2.43. The number of benzene rings is 1. The molecule has 0 aliphatic carbocycles. The van der Waals surface area contributed by atoms with E-state index in [1.165, 1.54) is 22.5 Å². The molecular weight excluding hydrogens is 260 g/mol. The summed E-state index contributed by atoms with van der Waals surface area (Å²) in [4.78, 5) is 10.9. The lowest BCUT2D eigenvalue weighted by atomic mass is 10.1. The van der Waals surface area contributed by atoms with Crippen molar-refractivity contribution < 1.29 is 0 Å². The standard InChI is InChI=1S/C17H24N4/c1-3-15-16(12-21-10-8-18-9-11-21)20-17(19-15)14-7-5-4-6-13(14)2/h4-7,18H,3,8-12H2,1-2H3,(H,19,20). The number of aryl methyl sites for hydroxylation is 2. The third-order valence-electron chi connectivity index (χ3n) is 4.19. The van der Waals surface area contributed by atoms with Crippen LogP contribution in [0.2, 0.25) is 0 Å². The number of hydrogen-bond donors (Lipinski definition) is 2. The molecule has 2 heterocycles. The third kappa shape index (κ3) is 3.17. The Bertz CT molecular complexity index is 597. The summed E-state index contributed by atoms with van der Waals surface area (Å²) in [5.74, 6) is 1.01. The molecule has 0 spiro atoms. The van der Waals surface area contributed by atoms with Crippen LogP contribution in [0.1, 0.15) is 23.9 Å². The van der Waals surface area contributed by atoms with E-state index in [9.17, 15) is 0 Å². The van der Waals surface area contributed by atoms with Gasteiger partial charge in [-0.15, -0.1) is 0 Å². The normalized spacial score (nSPS) is 16.3. The van der Waals surface area contributed by atoms with E-state index in [4.69, 9.17) is 4.98 Å². The molecule has 4 nitrogen and oxygen atoms in total. The molecule has 1 fully saturated rings. The summed E-state index contributed by atoms with van der Waals surface area (Å²) in [6.45, 7) is 9.69. The summed E-state index contributed by atoms with van der Waals surface area (Å²) in [6, 6.07) is 8.43. The van der Waals surface area contributed by atoms with Crippen LogP contribution < -0.4 is 5.32 Å². The second-order valence-corrected chi connectivity index (χ2v) is 5.71. The maximum atomic E-state index is 4.83. The first kappa shape index (κ1) is 14.3. The van der Waals surface area contributed by atoms with E-state index in [1.54, 1.807) is 0 Å². The minimum atomic E-state index is 0.976. The molecule has 0 bridgehead atoms. The van der Waals surface area contributed by atoms with Gasteiger partial charge in [-0.2, -0.15) is 0 Å². The number of nitrogens with zero attached hydrogens (tertiary/aromatic N) is 2. The van der Waals surface area contributed by atoms with E-state index in [1.807, 2.05) is 0 Å². The van der Waals surface area contributed by atoms with Crippen LogP contribution in [0.4, 0.5) is 0 Å². The van der Waals surface area contributed by atoms with Crippen molar-refractivity contribution in [3.05, 3.63) is 41.2 Å². The minimum absolute atomic E-state index is 0.976. The molecule has 0 radical (unpaired) electrons. The smallest absolute Gasteiger partial charge is 0.138 e. The lowest BCUT2D eigenvalue weighted by molar-refractivity contribution is 0.230. The number of piperazine rings is 1. The van der Waals surface area contributed by atoms with Crippen LogP contribution in [0.3, 0.4) is 0 Å². The second kappa shape index (κ2) is 6.41. The van der Waals surface area contributed by atoms with Gasteiger partial charge in [0.2, 0.25) is 0 Å². The average Bonchev–Trinajstić information content (AvgIpc) is 2.91. The number of nitrogens with one attached hydrogen (secondary N) is 2. The number of hydrogen-bond acceptors (Lipinski definition) is 3. The van der Waals surface area contributed by atoms with Gasteiger partial charge in [0.05, 0.1) is 11.4 Å². The fourth-order valence-corrected chi connectivity index (χ4v) is 2.93. The molecule has 21 heavy (non-hydrogen) atoms. The summed E-state index contributed by atoms with van der Waals surface area (Å²) < 4.78 is 0. The minimum Gasteiger partial charge on any atom is -0.341 e. The van der Waals surface area contributed by atoms with E-state index in [0.29, 0.717) is 0 Å². The molecule has 4 heteroatoms. The van der Waals surface area contributed by atoms with Gasteiger partial charge in [-0.05, 0) is 18.9 Å². The molecule has 112 valence electrons. The Morgan fingerprint density at radius 2 is 1.95 bits per heavy atom. The first-order valence-corrected chi connectivity index (χ1v) is 7.84. The van der Waals surface area contributed by atoms with E-state index in [2.05, 4.69) is 53.3 Å². The highest BCUT2D eigenvalue weighted by molar-refractivity contribution is 5.60. The molecule has 1 aromatic heterocycles. The molecular formula is C17H24N4. The van der Waals surface area contributed by atoms with Crippen molar-refractivity contribution in [2.24, 2.45) is 0 Å². The van der Waals surface area contributed by atoms with Crippen molar-refractivity contribution in [1.82, 2.24) is 20.2 Å². The van der Waals surface area contributed by atoms with Crippen molar-refractivity contribution in [1.29, 1.82) is 0 Å². The zero-order valence-electron chi connectivity index (χ0n) is 12.9. The molecule has 0 saturated carbocycles. The fourth-order valence-electron chi connectivity index (χ4n) is 2.93. The monoisotopic (exact) mass is 284 g/mol. The molecule has 2 aromatic rings. The number of aromatic nitrogens is 2. The van der Waals surface area contributed by atoms with Gasteiger partial charge in [0.1, 0.15) is 5.82 Å². The highest BCUT2D eigenvalue weighted by atomic mass is 15.2. The van der Waals surface area contributed by atoms with Gasteiger partial charge in [-0.3, -0.25) is 4.90 Å². The van der Waals surface area contributed by atoms with Gasteiger partial charge in [-0.25, -0.2) is 4.98 Å². The number of H-pyrrole nitrogens is 1. The van der Waals surface area contributed by atoms with Crippen molar-refractivity contribution in [3.8, 4) is 11.4 Å². The van der Waals surface area contributed by atoms with Crippen LogP contribution >= 0.6 is 0 Å². The van der Waals surface area contributed by atoms with Crippen LogP contribution in [0.15, 0.2) is 24.3 Å². The third-order valence-corrected chi connectivity index (χ3v) is 4.19. The van der Waals surface area contributed by atoms with Gasteiger partial charge in [0.15, 0.2) is 0 Å². The van der Waals surface area contributed by atoms with Crippen LogP contribution in [-0.4, -0.2) is 41.0 Å². The van der Waals surface area contributed by atoms with Crippen LogP contribution in [0.5, 0.6) is 0 Å². The highest BCUT2D eigenvalue weighted by Gasteiger charge is 2.16. The highest BCUT2D eigenvalue weighted by Crippen LogP contribution is 2.22. The molecule has 3 rings (SSSR count). The van der Waals surface area contributed by atoms with Gasteiger partial charge < -0.3 is 10.3 Å². The number of aromatic amines is 1. The summed E-state index contributed by atoms with van der Waals surface area (Å²) in [6.07, 6.45) is 0.976. The van der Waals surface area contributed by atoms with Crippen molar-refractivity contribution in [3.63, 3.8) is 0 Å². The Kier molecular flexibility index (Phi) is 4.36. The predicted molar refractivity (Wildman–Crippen MR) is 86.3 cm³/mol. The Morgan fingerprint density at radius 3 is 2.67 bits per heavy atom. The topological polar surface area (TPSA) is 44.0 Å².